The minimum absolute atomic E-state index is 0.0392. The Kier molecular flexibility index (Phi) is 4.68. The molecule has 2 aliphatic rings. The topological polar surface area (TPSA) is 64.1 Å². The molecular formula is C24H21F2N3O2. The van der Waals surface area contributed by atoms with Gasteiger partial charge in [-0.1, -0.05) is 6.07 Å². The van der Waals surface area contributed by atoms with E-state index in [-0.39, 0.29) is 23.5 Å². The number of benzene rings is 2. The summed E-state index contributed by atoms with van der Waals surface area (Å²) < 4.78 is 33.8. The van der Waals surface area contributed by atoms with Crippen LogP contribution in [-0.2, 0) is 6.54 Å². The van der Waals surface area contributed by atoms with Crippen LogP contribution >= 0.6 is 0 Å². The van der Waals surface area contributed by atoms with Crippen LogP contribution in [0.3, 0.4) is 0 Å². The molecule has 2 heterocycles. The van der Waals surface area contributed by atoms with Crippen LogP contribution in [0.2, 0.25) is 0 Å². The van der Waals surface area contributed by atoms with Gasteiger partial charge < -0.3 is 10.1 Å². The molecule has 1 aliphatic carbocycles. The number of rotatable bonds is 4. The Hall–Kier alpha value is -3.35. The zero-order valence-electron chi connectivity index (χ0n) is 17.0. The van der Waals surface area contributed by atoms with E-state index < -0.39 is 11.6 Å². The van der Waals surface area contributed by atoms with E-state index in [9.17, 15) is 13.6 Å². The van der Waals surface area contributed by atoms with Gasteiger partial charge in [0.1, 0.15) is 28.8 Å². The van der Waals surface area contributed by atoms with Crippen LogP contribution in [0.1, 0.15) is 47.2 Å². The maximum Gasteiger partial charge on any atom is 0.170 e. The summed E-state index contributed by atoms with van der Waals surface area (Å²) in [5, 5.41) is 2.89. The molecule has 5 nitrogen and oxygen atoms in total. The van der Waals surface area contributed by atoms with Gasteiger partial charge in [-0.05, 0) is 56.0 Å². The van der Waals surface area contributed by atoms with Crippen molar-refractivity contribution in [2.24, 2.45) is 0 Å². The fraction of sp³-hybridized carbons (Fsp3) is 0.292. The number of Topliss-reactive ketones (excluding diaryl/α,β-unsaturated/α-hetero) is 1. The number of fused-ring (bicyclic) bond motifs is 1. The smallest absolute Gasteiger partial charge is 0.170 e. The molecule has 0 bridgehead atoms. The van der Waals surface area contributed by atoms with E-state index in [0.717, 1.165) is 30.4 Å². The Morgan fingerprint density at radius 2 is 1.87 bits per heavy atom. The van der Waals surface area contributed by atoms with Gasteiger partial charge in [0.2, 0.25) is 0 Å². The van der Waals surface area contributed by atoms with Crippen LogP contribution < -0.4 is 10.1 Å². The number of nitrogens with one attached hydrogen (secondary N) is 1. The highest BCUT2D eigenvalue weighted by atomic mass is 19.1. The van der Waals surface area contributed by atoms with Gasteiger partial charge in [0, 0.05) is 17.7 Å². The monoisotopic (exact) mass is 421 g/mol. The molecular weight excluding hydrogens is 400 g/mol. The summed E-state index contributed by atoms with van der Waals surface area (Å²) in [7, 11) is 0. The summed E-state index contributed by atoms with van der Waals surface area (Å²) in [6.45, 7) is 1.88. The number of nitrogens with zero attached hydrogens (tertiary/aromatic N) is 2. The number of ketones is 1. The Bertz CT molecular complexity index is 1150. The van der Waals surface area contributed by atoms with Gasteiger partial charge in [-0.2, -0.15) is 0 Å². The summed E-state index contributed by atoms with van der Waals surface area (Å²) in [6.07, 6.45) is 6.46. The highest BCUT2D eigenvalue weighted by Gasteiger charge is 2.45. The van der Waals surface area contributed by atoms with Crippen molar-refractivity contribution >= 4 is 11.6 Å². The van der Waals surface area contributed by atoms with Crippen LogP contribution in [0.5, 0.6) is 5.75 Å². The number of ether oxygens (including phenoxy) is 1. The molecule has 1 aromatic heterocycles. The average molecular weight is 421 g/mol. The molecule has 0 radical (unpaired) electrons. The lowest BCUT2D eigenvalue weighted by molar-refractivity contribution is -0.0177. The van der Waals surface area contributed by atoms with Crippen molar-refractivity contribution in [3.8, 4) is 17.0 Å². The molecule has 1 spiro atoms. The van der Waals surface area contributed by atoms with Gasteiger partial charge in [-0.25, -0.2) is 13.8 Å². The van der Waals surface area contributed by atoms with Crippen LogP contribution in [0.15, 0.2) is 42.7 Å². The highest BCUT2D eigenvalue weighted by Crippen LogP contribution is 2.46. The van der Waals surface area contributed by atoms with Gasteiger partial charge in [-0.3, -0.25) is 9.78 Å². The second-order valence-electron chi connectivity index (χ2n) is 8.24. The number of halogens is 2. The summed E-state index contributed by atoms with van der Waals surface area (Å²) in [5.41, 5.74) is 2.61. The number of carbonyl (C=O) groups is 1. The first-order valence-electron chi connectivity index (χ1n) is 10.3. The third kappa shape index (κ3) is 3.54. The predicted molar refractivity (Wildman–Crippen MR) is 112 cm³/mol. The normalized spacial score (nSPS) is 16.4. The largest absolute Gasteiger partial charge is 0.486 e. The molecule has 1 N–H and O–H groups in total. The fourth-order valence-electron chi connectivity index (χ4n) is 4.21. The number of aryl methyl sites for hydroxylation is 1. The molecule has 31 heavy (non-hydrogen) atoms. The molecule has 0 saturated heterocycles. The molecule has 7 heteroatoms. The van der Waals surface area contributed by atoms with Crippen LogP contribution in [0.4, 0.5) is 14.6 Å². The molecule has 1 aliphatic heterocycles. The van der Waals surface area contributed by atoms with E-state index in [0.29, 0.717) is 29.2 Å². The Morgan fingerprint density at radius 3 is 2.52 bits per heavy atom. The first-order valence-corrected chi connectivity index (χ1v) is 10.3. The van der Waals surface area contributed by atoms with Crippen molar-refractivity contribution in [2.45, 2.75) is 44.8 Å². The lowest BCUT2D eigenvalue weighted by Crippen LogP contribution is -2.47. The van der Waals surface area contributed by atoms with Crippen LogP contribution in [0, 0.1) is 18.6 Å². The van der Waals surface area contributed by atoms with Crippen molar-refractivity contribution in [1.29, 1.82) is 0 Å². The van der Waals surface area contributed by atoms with Gasteiger partial charge in [0.25, 0.3) is 0 Å². The lowest BCUT2D eigenvalue weighted by atomic mass is 9.74. The Balaban J connectivity index is 1.37. The van der Waals surface area contributed by atoms with Crippen LogP contribution in [-0.4, -0.2) is 21.4 Å². The van der Waals surface area contributed by atoms with Gasteiger partial charge >= 0.3 is 0 Å². The maximum atomic E-state index is 13.8. The van der Waals surface area contributed by atoms with Crippen LogP contribution in [0.25, 0.3) is 11.3 Å². The number of aromatic nitrogens is 2. The number of hydrogen-bond acceptors (Lipinski definition) is 5. The molecule has 5 rings (SSSR count). The van der Waals surface area contributed by atoms with E-state index in [4.69, 9.17) is 4.74 Å². The van der Waals surface area contributed by atoms with E-state index in [1.165, 1.54) is 24.4 Å². The fourth-order valence-corrected chi connectivity index (χ4v) is 4.21. The van der Waals surface area contributed by atoms with Crippen molar-refractivity contribution in [2.75, 3.05) is 5.32 Å². The first-order chi connectivity index (χ1) is 14.9. The van der Waals surface area contributed by atoms with E-state index in [1.54, 1.807) is 6.20 Å². The number of hydrogen-bond donors (Lipinski definition) is 1. The maximum absolute atomic E-state index is 13.8. The predicted octanol–water partition coefficient (Wildman–Crippen LogP) is 5.23. The minimum atomic E-state index is -0.611. The third-order valence-corrected chi connectivity index (χ3v) is 6.14. The molecule has 1 fully saturated rings. The minimum Gasteiger partial charge on any atom is -0.486 e. The van der Waals surface area contributed by atoms with E-state index in [2.05, 4.69) is 15.3 Å². The number of anilines is 1. The highest BCUT2D eigenvalue weighted by molar-refractivity contribution is 6.01. The summed E-state index contributed by atoms with van der Waals surface area (Å²) in [5.74, 6) is -0.0832. The second-order valence-corrected chi connectivity index (χ2v) is 8.24. The van der Waals surface area contributed by atoms with Gasteiger partial charge in [0.05, 0.1) is 30.1 Å². The zero-order valence-corrected chi connectivity index (χ0v) is 17.0. The molecule has 3 aromatic rings. The van der Waals surface area contributed by atoms with E-state index >= 15 is 0 Å². The lowest BCUT2D eigenvalue weighted by Gasteiger charge is -2.44. The summed E-state index contributed by atoms with van der Waals surface area (Å²) >= 11 is 0. The second kappa shape index (κ2) is 7.41. The first kappa shape index (κ1) is 19.6. The van der Waals surface area contributed by atoms with Gasteiger partial charge in [-0.15, -0.1) is 0 Å². The van der Waals surface area contributed by atoms with Crippen molar-refractivity contribution in [1.82, 2.24) is 9.97 Å². The summed E-state index contributed by atoms with van der Waals surface area (Å²) in [4.78, 5) is 21.4. The Morgan fingerprint density at radius 1 is 1.10 bits per heavy atom. The standard InChI is InChI=1S/C24H21F2N3O2/c1-14-8-16-21(30)10-24(6-3-7-24)31-22(16)9-15(14)20-12-29-23(13-27-20)28-11-17-18(25)4-2-5-19(17)26/h2,4-5,8-9,12-13H,3,6-7,10-11H2,1H3,(H,28,29). The third-order valence-electron chi connectivity index (χ3n) is 6.14. The molecule has 0 atom stereocenters. The zero-order chi connectivity index (χ0) is 21.6. The van der Waals surface area contributed by atoms with Gasteiger partial charge in [0.15, 0.2) is 5.78 Å². The SMILES string of the molecule is Cc1cc2c(cc1-c1cnc(NCc3c(F)cccc3F)cn1)OC1(CCC1)CC2=O. The van der Waals surface area contributed by atoms with E-state index in [1.807, 2.05) is 19.1 Å². The molecule has 0 amide bonds. The quantitative estimate of drug-likeness (QED) is 0.625. The Labute approximate surface area is 178 Å². The molecule has 1 saturated carbocycles. The molecule has 0 unspecified atom stereocenters. The van der Waals surface area contributed by atoms with Crippen molar-refractivity contribution < 1.29 is 18.3 Å². The van der Waals surface area contributed by atoms with Crippen molar-refractivity contribution in [3.05, 3.63) is 71.1 Å². The van der Waals surface area contributed by atoms with Crippen molar-refractivity contribution in [3.63, 3.8) is 0 Å². The molecule has 2 aromatic carbocycles. The molecule has 158 valence electrons. The average Bonchev–Trinajstić information content (AvgIpc) is 2.73. The summed E-state index contributed by atoms with van der Waals surface area (Å²) in [6, 6.07) is 7.48. The number of carbonyl (C=O) groups excluding carboxylic acids is 1.